The molecule has 1 amide bonds. The normalized spacial score (nSPS) is 12.2. The van der Waals surface area contributed by atoms with Gasteiger partial charge in [0.05, 0.1) is 16.9 Å². The van der Waals surface area contributed by atoms with Gasteiger partial charge in [0.25, 0.3) is 5.91 Å². The summed E-state index contributed by atoms with van der Waals surface area (Å²) in [6.45, 7) is 3.75. The minimum absolute atomic E-state index is 0.0365. The van der Waals surface area contributed by atoms with Gasteiger partial charge in [0.15, 0.2) is 0 Å². The van der Waals surface area contributed by atoms with Gasteiger partial charge in [-0.25, -0.2) is 4.68 Å². The molecule has 0 radical (unpaired) electrons. The van der Waals surface area contributed by atoms with E-state index in [1.54, 1.807) is 11.6 Å². The molecule has 0 spiro atoms. The molecule has 1 heterocycles. The summed E-state index contributed by atoms with van der Waals surface area (Å²) >= 11 is 6.35. The molecule has 0 fully saturated rings. The Bertz CT molecular complexity index is 640. The molecular formula is C16H20ClN3O2. The lowest BCUT2D eigenvalue weighted by Crippen LogP contribution is -2.35. The fourth-order valence-corrected chi connectivity index (χ4v) is 2.65. The first-order chi connectivity index (χ1) is 10.6. The summed E-state index contributed by atoms with van der Waals surface area (Å²) in [7, 11) is 0. The van der Waals surface area contributed by atoms with Crippen molar-refractivity contribution in [3.05, 3.63) is 46.7 Å². The molecule has 118 valence electrons. The zero-order valence-electron chi connectivity index (χ0n) is 12.7. The SMILES string of the molecule is CCC(CCO)NC(=O)c1c(C)nn(-c2ccccc2)c1Cl. The van der Waals surface area contributed by atoms with Crippen LogP contribution in [0.1, 0.15) is 35.8 Å². The molecule has 0 bridgehead atoms. The van der Waals surface area contributed by atoms with Crippen LogP contribution in [-0.2, 0) is 0 Å². The quantitative estimate of drug-likeness (QED) is 0.859. The number of aliphatic hydroxyl groups excluding tert-OH is 1. The fraction of sp³-hybridized carbons (Fsp3) is 0.375. The van der Waals surface area contributed by atoms with Gasteiger partial charge in [0, 0.05) is 12.6 Å². The van der Waals surface area contributed by atoms with Crippen molar-refractivity contribution in [3.63, 3.8) is 0 Å². The van der Waals surface area contributed by atoms with Gasteiger partial charge in [-0.1, -0.05) is 36.7 Å². The number of amides is 1. The Morgan fingerprint density at radius 3 is 2.68 bits per heavy atom. The zero-order valence-corrected chi connectivity index (χ0v) is 13.5. The molecule has 2 aromatic rings. The zero-order chi connectivity index (χ0) is 16.1. The van der Waals surface area contributed by atoms with Crippen LogP contribution in [0.2, 0.25) is 5.15 Å². The third kappa shape index (κ3) is 3.48. The Morgan fingerprint density at radius 1 is 1.41 bits per heavy atom. The first-order valence-corrected chi connectivity index (χ1v) is 7.68. The maximum Gasteiger partial charge on any atom is 0.256 e. The highest BCUT2D eigenvalue weighted by Crippen LogP contribution is 2.23. The first-order valence-electron chi connectivity index (χ1n) is 7.30. The molecule has 0 saturated carbocycles. The molecule has 1 aromatic carbocycles. The first kappa shape index (κ1) is 16.5. The van der Waals surface area contributed by atoms with E-state index in [0.717, 1.165) is 12.1 Å². The summed E-state index contributed by atoms with van der Waals surface area (Å²) in [5.74, 6) is -0.259. The highest BCUT2D eigenvalue weighted by Gasteiger charge is 2.22. The standard InChI is InChI=1S/C16H20ClN3O2/c1-3-12(9-10-21)18-16(22)14-11(2)19-20(15(14)17)13-7-5-4-6-8-13/h4-8,12,21H,3,9-10H2,1-2H3,(H,18,22). The maximum atomic E-state index is 12.4. The number of hydrogen-bond acceptors (Lipinski definition) is 3. The van der Waals surface area contributed by atoms with E-state index in [-0.39, 0.29) is 18.6 Å². The lowest BCUT2D eigenvalue weighted by atomic mass is 10.1. The highest BCUT2D eigenvalue weighted by atomic mass is 35.5. The lowest BCUT2D eigenvalue weighted by molar-refractivity contribution is 0.0928. The van der Waals surface area contributed by atoms with Crippen molar-refractivity contribution < 1.29 is 9.90 Å². The van der Waals surface area contributed by atoms with Crippen molar-refractivity contribution in [1.82, 2.24) is 15.1 Å². The second-order valence-corrected chi connectivity index (χ2v) is 5.45. The van der Waals surface area contributed by atoms with E-state index in [0.29, 0.717) is 22.8 Å². The van der Waals surface area contributed by atoms with Crippen molar-refractivity contribution in [2.75, 3.05) is 6.61 Å². The molecule has 2 rings (SSSR count). The maximum absolute atomic E-state index is 12.4. The molecule has 0 saturated heterocycles. The van der Waals surface area contributed by atoms with E-state index < -0.39 is 0 Å². The average Bonchev–Trinajstić information content (AvgIpc) is 2.82. The summed E-state index contributed by atoms with van der Waals surface area (Å²) in [5, 5.41) is 16.6. The minimum Gasteiger partial charge on any atom is -0.396 e. The van der Waals surface area contributed by atoms with E-state index in [1.807, 2.05) is 37.3 Å². The van der Waals surface area contributed by atoms with Gasteiger partial charge in [0.2, 0.25) is 0 Å². The molecule has 0 aliphatic heterocycles. The molecule has 0 aliphatic rings. The molecule has 2 N–H and O–H groups in total. The van der Waals surface area contributed by atoms with E-state index in [2.05, 4.69) is 10.4 Å². The molecule has 1 aromatic heterocycles. The number of aliphatic hydroxyl groups is 1. The van der Waals surface area contributed by atoms with Gasteiger partial charge in [-0.15, -0.1) is 0 Å². The predicted molar refractivity (Wildman–Crippen MR) is 86.6 cm³/mol. The van der Waals surface area contributed by atoms with Crippen LogP contribution >= 0.6 is 11.6 Å². The number of para-hydroxylation sites is 1. The van der Waals surface area contributed by atoms with Crippen molar-refractivity contribution in [2.24, 2.45) is 0 Å². The smallest absolute Gasteiger partial charge is 0.256 e. The van der Waals surface area contributed by atoms with Crippen LogP contribution in [0.5, 0.6) is 0 Å². The fourth-order valence-electron chi connectivity index (χ4n) is 2.29. The Balaban J connectivity index is 2.29. The molecule has 1 atom stereocenters. The summed E-state index contributed by atoms with van der Waals surface area (Å²) in [6, 6.07) is 9.35. The predicted octanol–water partition coefficient (Wildman–Crippen LogP) is 2.72. The number of aryl methyl sites for hydroxylation is 1. The Morgan fingerprint density at radius 2 is 2.09 bits per heavy atom. The number of nitrogens with one attached hydrogen (secondary N) is 1. The number of carbonyl (C=O) groups excluding carboxylic acids is 1. The molecule has 22 heavy (non-hydrogen) atoms. The van der Waals surface area contributed by atoms with E-state index >= 15 is 0 Å². The van der Waals surface area contributed by atoms with Crippen LogP contribution < -0.4 is 5.32 Å². The monoisotopic (exact) mass is 321 g/mol. The van der Waals surface area contributed by atoms with E-state index in [1.165, 1.54) is 0 Å². The molecule has 6 heteroatoms. The molecule has 1 unspecified atom stereocenters. The van der Waals surface area contributed by atoms with Crippen molar-refractivity contribution >= 4 is 17.5 Å². The number of nitrogens with zero attached hydrogens (tertiary/aromatic N) is 2. The van der Waals surface area contributed by atoms with E-state index in [4.69, 9.17) is 16.7 Å². The van der Waals surface area contributed by atoms with Crippen LogP contribution in [0.25, 0.3) is 5.69 Å². The van der Waals surface area contributed by atoms with Crippen LogP contribution in [0.3, 0.4) is 0 Å². The third-order valence-corrected chi connectivity index (χ3v) is 3.89. The van der Waals surface area contributed by atoms with Gasteiger partial charge in [-0.2, -0.15) is 5.10 Å². The molecule has 5 nitrogen and oxygen atoms in total. The third-order valence-electron chi connectivity index (χ3n) is 3.54. The largest absolute Gasteiger partial charge is 0.396 e. The summed E-state index contributed by atoms with van der Waals surface area (Å²) in [6.07, 6.45) is 1.27. The highest BCUT2D eigenvalue weighted by molar-refractivity contribution is 6.33. The second-order valence-electron chi connectivity index (χ2n) is 5.09. The van der Waals surface area contributed by atoms with Crippen LogP contribution in [0.15, 0.2) is 30.3 Å². The Kier molecular flexibility index (Phi) is 5.57. The van der Waals surface area contributed by atoms with Crippen LogP contribution in [0.4, 0.5) is 0 Å². The number of hydrogen-bond donors (Lipinski definition) is 2. The van der Waals surface area contributed by atoms with Gasteiger partial charge in [0.1, 0.15) is 5.15 Å². The Labute approximate surface area is 134 Å². The molecule has 0 aliphatic carbocycles. The van der Waals surface area contributed by atoms with Gasteiger partial charge in [-0.05, 0) is 31.9 Å². The van der Waals surface area contributed by atoms with Crippen molar-refractivity contribution in [3.8, 4) is 5.69 Å². The number of benzene rings is 1. The number of carbonyl (C=O) groups is 1. The number of halogens is 1. The van der Waals surface area contributed by atoms with Crippen molar-refractivity contribution in [1.29, 1.82) is 0 Å². The van der Waals surface area contributed by atoms with Gasteiger partial charge >= 0.3 is 0 Å². The second kappa shape index (κ2) is 7.42. The van der Waals surface area contributed by atoms with E-state index in [9.17, 15) is 4.79 Å². The van der Waals surface area contributed by atoms with Crippen LogP contribution in [0, 0.1) is 6.92 Å². The lowest BCUT2D eigenvalue weighted by Gasteiger charge is -2.15. The number of aromatic nitrogens is 2. The summed E-state index contributed by atoms with van der Waals surface area (Å²) in [4.78, 5) is 12.4. The average molecular weight is 322 g/mol. The van der Waals surface area contributed by atoms with Gasteiger partial charge < -0.3 is 10.4 Å². The number of rotatable bonds is 6. The Hall–Kier alpha value is -1.85. The summed E-state index contributed by atoms with van der Waals surface area (Å²) in [5.41, 5.74) is 1.75. The topological polar surface area (TPSA) is 67.2 Å². The van der Waals surface area contributed by atoms with Crippen molar-refractivity contribution in [2.45, 2.75) is 32.7 Å². The van der Waals surface area contributed by atoms with Gasteiger partial charge in [-0.3, -0.25) is 4.79 Å². The minimum atomic E-state index is -0.259. The van der Waals surface area contributed by atoms with Crippen LogP contribution in [-0.4, -0.2) is 33.4 Å². The molecular weight excluding hydrogens is 302 g/mol. The summed E-state index contributed by atoms with van der Waals surface area (Å²) < 4.78 is 1.55.